The topological polar surface area (TPSA) is 0 Å². The standard InChI is InChI=1S/C19H18/c1-19(2)11-10-17-15-8-4-3-7-14(15)16-9-5-6-13(12-19)18(16)17/h3-10H,11-12H2,1-2H3. The molecule has 0 aliphatic heterocycles. The van der Waals surface area contributed by atoms with Crippen molar-refractivity contribution in [2.75, 3.05) is 0 Å². The summed E-state index contributed by atoms with van der Waals surface area (Å²) in [5.74, 6) is 0. The van der Waals surface area contributed by atoms with Crippen LogP contribution in [0.5, 0.6) is 0 Å². The smallest absolute Gasteiger partial charge is 0.00698 e. The summed E-state index contributed by atoms with van der Waals surface area (Å²) in [5.41, 5.74) is 9.09. The highest BCUT2D eigenvalue weighted by Crippen LogP contribution is 2.49. The number of hydrogen-bond donors (Lipinski definition) is 0. The van der Waals surface area contributed by atoms with Gasteiger partial charge in [-0.15, -0.1) is 0 Å². The van der Waals surface area contributed by atoms with Gasteiger partial charge in [-0.25, -0.2) is 0 Å². The molecule has 0 saturated heterocycles. The second-order valence-electron chi connectivity index (χ2n) is 6.55. The predicted octanol–water partition coefficient (Wildman–Crippen LogP) is 5.07. The molecule has 94 valence electrons. The molecule has 4 rings (SSSR count). The van der Waals surface area contributed by atoms with Gasteiger partial charge < -0.3 is 0 Å². The molecule has 0 heterocycles. The number of benzene rings is 2. The van der Waals surface area contributed by atoms with Crippen LogP contribution in [0.2, 0.25) is 0 Å². The van der Waals surface area contributed by atoms with Gasteiger partial charge >= 0.3 is 0 Å². The van der Waals surface area contributed by atoms with Crippen LogP contribution < -0.4 is 0 Å². The fourth-order valence-electron chi connectivity index (χ4n) is 3.56. The van der Waals surface area contributed by atoms with Crippen molar-refractivity contribution < 1.29 is 0 Å². The highest BCUT2D eigenvalue weighted by atomic mass is 14.3. The Balaban J connectivity index is 2.07. The predicted molar refractivity (Wildman–Crippen MR) is 81.1 cm³/mol. The Morgan fingerprint density at radius 1 is 0.842 bits per heavy atom. The summed E-state index contributed by atoms with van der Waals surface area (Å²) in [6.07, 6.45) is 4.79. The van der Waals surface area contributed by atoms with E-state index in [0.29, 0.717) is 5.41 Å². The molecule has 0 radical (unpaired) electrons. The van der Waals surface area contributed by atoms with E-state index < -0.39 is 0 Å². The van der Waals surface area contributed by atoms with Crippen molar-refractivity contribution in [3.05, 3.63) is 65.2 Å². The minimum absolute atomic E-state index is 0.363. The van der Waals surface area contributed by atoms with Crippen molar-refractivity contribution in [1.29, 1.82) is 0 Å². The van der Waals surface area contributed by atoms with Crippen LogP contribution in [0.1, 0.15) is 37.0 Å². The van der Waals surface area contributed by atoms with Crippen molar-refractivity contribution in [3.8, 4) is 11.1 Å². The van der Waals surface area contributed by atoms with E-state index in [-0.39, 0.29) is 0 Å². The van der Waals surface area contributed by atoms with Crippen LogP contribution in [0.3, 0.4) is 0 Å². The van der Waals surface area contributed by atoms with Gasteiger partial charge in [-0.2, -0.15) is 0 Å². The lowest BCUT2D eigenvalue weighted by molar-refractivity contribution is 0.371. The summed E-state index contributed by atoms with van der Waals surface area (Å²) in [6, 6.07) is 15.6. The molecule has 0 aromatic heterocycles. The van der Waals surface area contributed by atoms with E-state index in [1.807, 2.05) is 0 Å². The molecule has 2 aromatic carbocycles. The summed E-state index contributed by atoms with van der Waals surface area (Å²) >= 11 is 0. The van der Waals surface area contributed by atoms with E-state index in [4.69, 9.17) is 0 Å². The first kappa shape index (κ1) is 11.0. The molecule has 2 aliphatic rings. The second-order valence-corrected chi connectivity index (χ2v) is 6.55. The largest absolute Gasteiger partial charge is 0.0755 e. The van der Waals surface area contributed by atoms with Gasteiger partial charge in [-0.1, -0.05) is 62.4 Å². The van der Waals surface area contributed by atoms with Crippen molar-refractivity contribution in [3.63, 3.8) is 0 Å². The molecule has 0 spiro atoms. The van der Waals surface area contributed by atoms with Gasteiger partial charge in [0, 0.05) is 0 Å². The molecule has 0 fully saturated rings. The molecule has 0 bridgehead atoms. The Labute approximate surface area is 114 Å². The van der Waals surface area contributed by atoms with Crippen LogP contribution in [0.4, 0.5) is 0 Å². The minimum atomic E-state index is 0.363. The zero-order valence-electron chi connectivity index (χ0n) is 11.5. The maximum atomic E-state index is 2.46. The van der Waals surface area contributed by atoms with Gasteiger partial charge in [0.1, 0.15) is 0 Å². The zero-order valence-corrected chi connectivity index (χ0v) is 11.5. The monoisotopic (exact) mass is 246 g/mol. The third-order valence-electron chi connectivity index (χ3n) is 4.46. The Bertz CT molecular complexity index is 702. The lowest BCUT2D eigenvalue weighted by Crippen LogP contribution is -2.13. The first-order valence-corrected chi connectivity index (χ1v) is 7.08. The number of fused-ring (bicyclic) bond motifs is 3. The van der Waals surface area contributed by atoms with Crippen LogP contribution in [-0.2, 0) is 6.42 Å². The summed E-state index contributed by atoms with van der Waals surface area (Å²) < 4.78 is 0. The lowest BCUT2D eigenvalue weighted by atomic mass is 9.83. The van der Waals surface area contributed by atoms with Crippen LogP contribution in [0, 0.1) is 5.41 Å². The molecule has 19 heavy (non-hydrogen) atoms. The third kappa shape index (κ3) is 1.53. The highest BCUT2D eigenvalue weighted by Gasteiger charge is 2.30. The second kappa shape index (κ2) is 3.60. The molecule has 0 nitrogen and oxygen atoms in total. The summed E-state index contributed by atoms with van der Waals surface area (Å²) in [4.78, 5) is 0. The molecule has 0 N–H and O–H groups in total. The molecular weight excluding hydrogens is 228 g/mol. The summed E-state index contributed by atoms with van der Waals surface area (Å²) in [7, 11) is 0. The zero-order chi connectivity index (χ0) is 13.0. The van der Waals surface area contributed by atoms with E-state index in [9.17, 15) is 0 Å². The van der Waals surface area contributed by atoms with Gasteiger partial charge in [0.15, 0.2) is 0 Å². The molecule has 0 atom stereocenters. The number of allylic oxidation sites excluding steroid dienone is 1. The Hall–Kier alpha value is -1.82. The van der Waals surface area contributed by atoms with Gasteiger partial charge in [-0.05, 0) is 51.6 Å². The van der Waals surface area contributed by atoms with E-state index in [0.717, 1.165) is 6.42 Å². The first-order chi connectivity index (χ1) is 9.16. The fourth-order valence-corrected chi connectivity index (χ4v) is 3.56. The average Bonchev–Trinajstić information content (AvgIpc) is 2.63. The Kier molecular flexibility index (Phi) is 2.09. The van der Waals surface area contributed by atoms with Crippen LogP contribution in [0.15, 0.2) is 48.5 Å². The minimum Gasteiger partial charge on any atom is -0.0755 e. The SMILES string of the molecule is CC1(C)CC=C2c3ccccc3-c3cccc(c32)C1. The number of hydrogen-bond acceptors (Lipinski definition) is 0. The molecule has 0 unspecified atom stereocenters. The van der Waals surface area contributed by atoms with Crippen LogP contribution in [0.25, 0.3) is 16.7 Å². The van der Waals surface area contributed by atoms with E-state index in [1.165, 1.54) is 39.8 Å². The first-order valence-electron chi connectivity index (χ1n) is 7.08. The molecule has 0 heteroatoms. The maximum absolute atomic E-state index is 2.46. The van der Waals surface area contributed by atoms with Crippen molar-refractivity contribution >= 4 is 5.57 Å². The quantitative estimate of drug-likeness (QED) is 0.519. The van der Waals surface area contributed by atoms with Crippen molar-refractivity contribution in [2.45, 2.75) is 26.7 Å². The number of rotatable bonds is 0. The normalized spacial score (nSPS) is 18.3. The molecular formula is C19H18. The molecule has 0 amide bonds. The summed E-state index contributed by atoms with van der Waals surface area (Å²) in [5, 5.41) is 0. The molecule has 2 aliphatic carbocycles. The Morgan fingerprint density at radius 3 is 2.42 bits per heavy atom. The average molecular weight is 246 g/mol. The maximum Gasteiger partial charge on any atom is -0.00698 e. The van der Waals surface area contributed by atoms with E-state index in [1.54, 1.807) is 0 Å². The molecule has 0 saturated carbocycles. The van der Waals surface area contributed by atoms with Crippen molar-refractivity contribution in [2.24, 2.45) is 5.41 Å². The van der Waals surface area contributed by atoms with E-state index >= 15 is 0 Å². The van der Waals surface area contributed by atoms with Gasteiger partial charge in [0.05, 0.1) is 0 Å². The van der Waals surface area contributed by atoms with Crippen molar-refractivity contribution in [1.82, 2.24) is 0 Å². The van der Waals surface area contributed by atoms with Gasteiger partial charge in [-0.3, -0.25) is 0 Å². The van der Waals surface area contributed by atoms with Gasteiger partial charge in [0.25, 0.3) is 0 Å². The molecule has 2 aromatic rings. The summed E-state index contributed by atoms with van der Waals surface area (Å²) in [6.45, 7) is 4.74. The highest BCUT2D eigenvalue weighted by molar-refractivity contribution is 6.02. The third-order valence-corrected chi connectivity index (χ3v) is 4.46. The van der Waals surface area contributed by atoms with Crippen LogP contribution in [-0.4, -0.2) is 0 Å². The fraction of sp³-hybridized carbons (Fsp3) is 0.263. The lowest BCUT2D eigenvalue weighted by Gasteiger charge is -2.22. The van der Waals surface area contributed by atoms with Crippen LogP contribution >= 0.6 is 0 Å². The van der Waals surface area contributed by atoms with Gasteiger partial charge in [0.2, 0.25) is 0 Å². The van der Waals surface area contributed by atoms with E-state index in [2.05, 4.69) is 62.4 Å². The Morgan fingerprint density at radius 2 is 1.58 bits per heavy atom.